The second-order valence-electron chi connectivity index (χ2n) is 5.88. The molecule has 2 aromatic carbocycles. The Bertz CT molecular complexity index is 1050. The van der Waals surface area contributed by atoms with Gasteiger partial charge >= 0.3 is 5.97 Å². The molecule has 29 heavy (non-hydrogen) atoms. The summed E-state index contributed by atoms with van der Waals surface area (Å²) in [6.45, 7) is 2.86. The average Bonchev–Trinajstić information content (AvgIpc) is 2.67. The largest absolute Gasteiger partial charge is 0.493 e. The summed E-state index contributed by atoms with van der Waals surface area (Å²) in [7, 11) is 1.39. The predicted octanol–water partition coefficient (Wildman–Crippen LogP) is 3.38. The third-order valence-corrected chi connectivity index (χ3v) is 3.79. The van der Waals surface area contributed by atoms with Crippen LogP contribution in [0.5, 0.6) is 11.5 Å². The zero-order valence-electron chi connectivity index (χ0n) is 15.9. The van der Waals surface area contributed by atoms with Crippen molar-refractivity contribution in [2.45, 2.75) is 13.8 Å². The standard InChI is InChI=1S/C20H17N3O6/c1-12-8-16(23(26)27)5-6-17(12)22-20(25)15(11-21)9-14-4-7-18(29-13(2)24)19(10-14)28-3/h4-10H,1-3H3,(H,22,25). The van der Waals surface area contributed by atoms with Crippen molar-refractivity contribution in [3.63, 3.8) is 0 Å². The van der Waals surface area contributed by atoms with E-state index in [-0.39, 0.29) is 22.8 Å². The molecular formula is C20H17N3O6. The Labute approximate surface area is 166 Å². The number of rotatable bonds is 6. The minimum Gasteiger partial charge on any atom is -0.493 e. The zero-order valence-corrected chi connectivity index (χ0v) is 15.9. The maximum Gasteiger partial charge on any atom is 0.308 e. The number of non-ortho nitro benzene ring substituents is 1. The van der Waals surface area contributed by atoms with Crippen LogP contribution in [0.1, 0.15) is 18.1 Å². The lowest BCUT2D eigenvalue weighted by molar-refractivity contribution is -0.384. The Morgan fingerprint density at radius 2 is 1.93 bits per heavy atom. The molecule has 1 N–H and O–H groups in total. The van der Waals surface area contributed by atoms with Crippen molar-refractivity contribution in [3.8, 4) is 17.6 Å². The Balaban J connectivity index is 2.27. The fraction of sp³-hybridized carbons (Fsp3) is 0.150. The summed E-state index contributed by atoms with van der Waals surface area (Å²) in [5.74, 6) is -0.714. The van der Waals surface area contributed by atoms with Crippen LogP contribution < -0.4 is 14.8 Å². The van der Waals surface area contributed by atoms with Gasteiger partial charge in [-0.25, -0.2) is 0 Å². The van der Waals surface area contributed by atoms with Crippen molar-refractivity contribution in [2.24, 2.45) is 0 Å². The molecule has 0 heterocycles. The van der Waals surface area contributed by atoms with Gasteiger partial charge in [0.15, 0.2) is 11.5 Å². The molecule has 0 spiro atoms. The van der Waals surface area contributed by atoms with Gasteiger partial charge in [0, 0.05) is 24.7 Å². The number of benzene rings is 2. The van der Waals surface area contributed by atoms with Crippen LogP contribution in [0.2, 0.25) is 0 Å². The van der Waals surface area contributed by atoms with Gasteiger partial charge in [0.2, 0.25) is 0 Å². The van der Waals surface area contributed by atoms with Crippen LogP contribution in [0.15, 0.2) is 42.0 Å². The van der Waals surface area contributed by atoms with E-state index in [9.17, 15) is 25.0 Å². The normalized spacial score (nSPS) is 10.6. The molecule has 0 aliphatic heterocycles. The van der Waals surface area contributed by atoms with Crippen LogP contribution in [-0.4, -0.2) is 23.9 Å². The third-order valence-electron chi connectivity index (χ3n) is 3.79. The highest BCUT2D eigenvalue weighted by atomic mass is 16.6. The molecule has 148 valence electrons. The van der Waals surface area contributed by atoms with Crippen LogP contribution in [0.25, 0.3) is 6.08 Å². The van der Waals surface area contributed by atoms with E-state index < -0.39 is 16.8 Å². The van der Waals surface area contributed by atoms with Crippen molar-refractivity contribution >= 4 is 29.3 Å². The zero-order chi connectivity index (χ0) is 21.6. The lowest BCUT2D eigenvalue weighted by Crippen LogP contribution is -2.14. The molecule has 0 aromatic heterocycles. The van der Waals surface area contributed by atoms with Crippen molar-refractivity contribution < 1.29 is 24.0 Å². The number of nitro groups is 1. The van der Waals surface area contributed by atoms with Crippen LogP contribution >= 0.6 is 0 Å². The summed E-state index contributed by atoms with van der Waals surface area (Å²) in [6.07, 6.45) is 1.34. The molecule has 1 amide bonds. The minimum atomic E-state index is -0.674. The summed E-state index contributed by atoms with van der Waals surface area (Å²) in [5, 5.41) is 22.7. The van der Waals surface area contributed by atoms with Crippen LogP contribution in [-0.2, 0) is 9.59 Å². The number of hydrogen-bond donors (Lipinski definition) is 1. The molecule has 0 fully saturated rings. The fourth-order valence-corrected chi connectivity index (χ4v) is 2.42. The first kappa shape index (κ1) is 21.1. The molecule has 2 rings (SSSR count). The lowest BCUT2D eigenvalue weighted by atomic mass is 10.1. The number of nitrogens with zero attached hydrogens (tertiary/aromatic N) is 2. The minimum absolute atomic E-state index is 0.100. The van der Waals surface area contributed by atoms with Gasteiger partial charge in [-0.15, -0.1) is 0 Å². The Hall–Kier alpha value is -4.19. The van der Waals surface area contributed by atoms with E-state index in [1.807, 2.05) is 6.07 Å². The first-order chi connectivity index (χ1) is 13.7. The maximum absolute atomic E-state index is 12.4. The molecule has 9 heteroatoms. The van der Waals surface area contributed by atoms with E-state index in [1.165, 1.54) is 50.4 Å². The number of amides is 1. The number of ether oxygens (including phenoxy) is 2. The molecule has 0 radical (unpaired) electrons. The summed E-state index contributed by atoms with van der Waals surface area (Å²) >= 11 is 0. The molecule has 0 aliphatic rings. The van der Waals surface area contributed by atoms with E-state index in [0.29, 0.717) is 16.8 Å². The highest BCUT2D eigenvalue weighted by Gasteiger charge is 2.14. The number of carbonyl (C=O) groups is 2. The van der Waals surface area contributed by atoms with Gasteiger partial charge in [-0.1, -0.05) is 6.07 Å². The van der Waals surface area contributed by atoms with Gasteiger partial charge in [-0.05, 0) is 42.3 Å². The molecule has 2 aromatic rings. The third kappa shape index (κ3) is 5.40. The summed E-state index contributed by atoms with van der Waals surface area (Å²) in [6, 6.07) is 10.4. The number of nitriles is 1. The molecule has 0 saturated heterocycles. The number of nitrogens with one attached hydrogen (secondary N) is 1. The highest BCUT2D eigenvalue weighted by molar-refractivity contribution is 6.10. The molecule has 0 aliphatic carbocycles. The monoisotopic (exact) mass is 395 g/mol. The lowest BCUT2D eigenvalue weighted by Gasteiger charge is -2.09. The fourth-order valence-electron chi connectivity index (χ4n) is 2.42. The van der Waals surface area contributed by atoms with Gasteiger partial charge in [0.05, 0.1) is 12.0 Å². The van der Waals surface area contributed by atoms with Gasteiger partial charge in [-0.3, -0.25) is 19.7 Å². The van der Waals surface area contributed by atoms with Crippen molar-refractivity contribution in [1.82, 2.24) is 0 Å². The van der Waals surface area contributed by atoms with E-state index in [2.05, 4.69) is 5.32 Å². The Kier molecular flexibility index (Phi) is 6.66. The highest BCUT2D eigenvalue weighted by Crippen LogP contribution is 2.29. The number of methoxy groups -OCH3 is 1. The molecule has 0 unspecified atom stereocenters. The van der Waals surface area contributed by atoms with Gasteiger partial charge in [0.1, 0.15) is 11.6 Å². The van der Waals surface area contributed by atoms with Crippen molar-refractivity contribution in [2.75, 3.05) is 12.4 Å². The molecule has 0 saturated carbocycles. The second-order valence-corrected chi connectivity index (χ2v) is 5.88. The Morgan fingerprint density at radius 1 is 1.21 bits per heavy atom. The molecular weight excluding hydrogens is 378 g/mol. The Morgan fingerprint density at radius 3 is 2.48 bits per heavy atom. The molecule has 0 atom stereocenters. The topological polar surface area (TPSA) is 132 Å². The first-order valence-electron chi connectivity index (χ1n) is 8.29. The first-order valence-corrected chi connectivity index (χ1v) is 8.29. The van der Waals surface area contributed by atoms with E-state index >= 15 is 0 Å². The number of carbonyl (C=O) groups excluding carboxylic acids is 2. The second kappa shape index (κ2) is 9.14. The number of nitro benzene ring substituents is 1. The maximum atomic E-state index is 12.4. The number of anilines is 1. The summed E-state index contributed by atoms with van der Waals surface area (Å²) in [4.78, 5) is 33.8. The van der Waals surface area contributed by atoms with E-state index in [4.69, 9.17) is 9.47 Å². The van der Waals surface area contributed by atoms with E-state index in [1.54, 1.807) is 13.0 Å². The predicted molar refractivity (Wildman–Crippen MR) is 104 cm³/mol. The van der Waals surface area contributed by atoms with Gasteiger partial charge in [-0.2, -0.15) is 5.26 Å². The van der Waals surface area contributed by atoms with Gasteiger partial charge < -0.3 is 14.8 Å². The summed E-state index contributed by atoms with van der Waals surface area (Å²) in [5.41, 5.74) is 1.02. The summed E-state index contributed by atoms with van der Waals surface area (Å²) < 4.78 is 10.2. The molecule has 0 bridgehead atoms. The molecule has 9 nitrogen and oxygen atoms in total. The van der Waals surface area contributed by atoms with Gasteiger partial charge in [0.25, 0.3) is 11.6 Å². The quantitative estimate of drug-likeness (QED) is 0.198. The number of aryl methyl sites for hydroxylation is 1. The van der Waals surface area contributed by atoms with E-state index in [0.717, 1.165) is 0 Å². The number of hydrogen-bond acceptors (Lipinski definition) is 7. The SMILES string of the molecule is COc1cc(C=C(C#N)C(=O)Nc2ccc([N+](=O)[O-])cc2C)ccc1OC(C)=O. The van der Waals surface area contributed by atoms with Crippen LogP contribution in [0.3, 0.4) is 0 Å². The van der Waals surface area contributed by atoms with Crippen molar-refractivity contribution in [3.05, 3.63) is 63.2 Å². The van der Waals surface area contributed by atoms with Crippen LogP contribution in [0.4, 0.5) is 11.4 Å². The smallest absolute Gasteiger partial charge is 0.308 e. The van der Waals surface area contributed by atoms with Crippen molar-refractivity contribution in [1.29, 1.82) is 5.26 Å². The van der Waals surface area contributed by atoms with Crippen LogP contribution in [0, 0.1) is 28.4 Å². The number of esters is 1. The average molecular weight is 395 g/mol.